The molecule has 0 bridgehead atoms. The van der Waals surface area contributed by atoms with Crippen LogP contribution < -0.4 is 10.6 Å². The molecule has 1 aromatic rings. The first kappa shape index (κ1) is 14.6. The lowest BCUT2D eigenvalue weighted by Gasteiger charge is -2.22. The van der Waals surface area contributed by atoms with Gasteiger partial charge < -0.3 is 5.32 Å². The maximum Gasteiger partial charge on any atom is 0.265 e. The third-order valence-electron chi connectivity index (χ3n) is 2.95. The Labute approximate surface area is 120 Å². The second-order valence-corrected chi connectivity index (χ2v) is 6.43. The van der Waals surface area contributed by atoms with Crippen LogP contribution in [-0.4, -0.2) is 33.4 Å². The van der Waals surface area contributed by atoms with Crippen molar-refractivity contribution in [2.24, 2.45) is 0 Å². The van der Waals surface area contributed by atoms with Crippen molar-refractivity contribution < 1.29 is 14.4 Å². The molecule has 2 heterocycles. The van der Waals surface area contributed by atoms with E-state index in [0.717, 1.165) is 11.5 Å². The van der Waals surface area contributed by atoms with Gasteiger partial charge in [0.1, 0.15) is 10.9 Å². The highest BCUT2D eigenvalue weighted by Gasteiger charge is 2.31. The van der Waals surface area contributed by atoms with Gasteiger partial charge in [-0.1, -0.05) is 25.3 Å². The Balaban J connectivity index is 2.11. The molecule has 1 aliphatic heterocycles. The highest BCUT2D eigenvalue weighted by atomic mass is 32.1. The highest BCUT2D eigenvalue weighted by Crippen LogP contribution is 2.25. The van der Waals surface area contributed by atoms with E-state index in [0.29, 0.717) is 17.0 Å². The van der Waals surface area contributed by atoms with E-state index in [1.54, 1.807) is 0 Å². The van der Waals surface area contributed by atoms with Crippen LogP contribution in [-0.2, 0) is 15.0 Å². The monoisotopic (exact) mass is 296 g/mol. The number of hydrogen-bond donors (Lipinski definition) is 2. The smallest absolute Gasteiger partial charge is 0.265 e. The third-order valence-corrected chi connectivity index (χ3v) is 3.67. The number of carbonyl (C=O) groups is 3. The predicted octanol–water partition coefficient (Wildman–Crippen LogP) is 0.371. The Morgan fingerprint density at radius 3 is 2.70 bits per heavy atom. The van der Waals surface area contributed by atoms with Gasteiger partial charge in [0.05, 0.1) is 5.69 Å². The number of rotatable bonds is 2. The van der Waals surface area contributed by atoms with Crippen LogP contribution in [0.3, 0.4) is 0 Å². The van der Waals surface area contributed by atoms with Crippen LogP contribution >= 0.6 is 11.5 Å². The van der Waals surface area contributed by atoms with E-state index >= 15 is 0 Å². The largest absolute Gasteiger partial charge is 0.339 e. The Hall–Kier alpha value is -1.83. The molecular formula is C12H16N4O3S. The van der Waals surface area contributed by atoms with Crippen LogP contribution in [0.2, 0.25) is 0 Å². The normalized spacial score (nSPS) is 19.6. The molecule has 1 fully saturated rings. The molecule has 0 radical (unpaired) electrons. The summed E-state index contributed by atoms with van der Waals surface area (Å²) in [5, 5.41) is 8.82. The van der Waals surface area contributed by atoms with E-state index in [-0.39, 0.29) is 23.7 Å². The lowest BCUT2D eigenvalue weighted by atomic mass is 9.91. The molecule has 2 N–H and O–H groups in total. The second-order valence-electron chi connectivity index (χ2n) is 5.68. The van der Waals surface area contributed by atoms with E-state index in [9.17, 15) is 14.4 Å². The van der Waals surface area contributed by atoms with Crippen LogP contribution in [0.5, 0.6) is 0 Å². The lowest BCUT2D eigenvalue weighted by molar-refractivity contribution is -0.134. The fraction of sp³-hybridized carbons (Fsp3) is 0.583. The fourth-order valence-electron chi connectivity index (χ4n) is 1.89. The highest BCUT2D eigenvalue weighted by molar-refractivity contribution is 7.08. The van der Waals surface area contributed by atoms with Crippen molar-refractivity contribution >= 4 is 29.3 Å². The van der Waals surface area contributed by atoms with Gasteiger partial charge in [0.2, 0.25) is 11.8 Å². The van der Waals surface area contributed by atoms with Crippen LogP contribution in [0.4, 0.5) is 0 Å². The van der Waals surface area contributed by atoms with Crippen molar-refractivity contribution in [3.63, 3.8) is 0 Å². The number of hydrogen-bond acceptors (Lipinski definition) is 6. The van der Waals surface area contributed by atoms with E-state index in [1.807, 2.05) is 20.8 Å². The Kier molecular flexibility index (Phi) is 3.85. The maximum atomic E-state index is 12.2. The number of amides is 3. The van der Waals surface area contributed by atoms with Crippen LogP contribution in [0, 0.1) is 0 Å². The molecule has 1 atom stereocenters. The average Bonchev–Trinajstić information content (AvgIpc) is 2.81. The van der Waals surface area contributed by atoms with Crippen molar-refractivity contribution in [2.75, 3.05) is 0 Å². The molecule has 2 rings (SSSR count). The molecule has 108 valence electrons. The first-order valence-corrected chi connectivity index (χ1v) is 7.04. The summed E-state index contributed by atoms with van der Waals surface area (Å²) >= 11 is 1.00. The zero-order valence-electron chi connectivity index (χ0n) is 11.5. The summed E-state index contributed by atoms with van der Waals surface area (Å²) in [6, 6.07) is -0.685. The summed E-state index contributed by atoms with van der Waals surface area (Å²) in [6.07, 6.45) is 0.539. The summed E-state index contributed by atoms with van der Waals surface area (Å²) in [5.41, 5.74) is 0.303. The third kappa shape index (κ3) is 3.01. The topological polar surface area (TPSA) is 101 Å². The van der Waals surface area contributed by atoms with Gasteiger partial charge in [-0.15, -0.1) is 5.10 Å². The van der Waals surface area contributed by atoms with Crippen LogP contribution in [0.25, 0.3) is 0 Å². The molecule has 3 amide bonds. The summed E-state index contributed by atoms with van der Waals surface area (Å²) < 4.78 is 3.81. The van der Waals surface area contributed by atoms with Gasteiger partial charge >= 0.3 is 0 Å². The number of piperidine rings is 1. The van der Waals surface area contributed by atoms with E-state index in [1.165, 1.54) is 0 Å². The lowest BCUT2D eigenvalue weighted by Crippen LogP contribution is -2.52. The van der Waals surface area contributed by atoms with E-state index < -0.39 is 11.9 Å². The minimum atomic E-state index is -0.685. The van der Waals surface area contributed by atoms with Crippen molar-refractivity contribution in [1.82, 2.24) is 20.2 Å². The quantitative estimate of drug-likeness (QED) is 0.768. The van der Waals surface area contributed by atoms with Crippen molar-refractivity contribution in [2.45, 2.75) is 45.1 Å². The summed E-state index contributed by atoms with van der Waals surface area (Å²) in [7, 11) is 0. The minimum absolute atomic E-state index is 0.226. The molecule has 0 aliphatic carbocycles. The summed E-state index contributed by atoms with van der Waals surface area (Å²) in [5.74, 6) is -1.15. The molecule has 1 saturated heterocycles. The van der Waals surface area contributed by atoms with Gasteiger partial charge in [0, 0.05) is 11.8 Å². The molecule has 0 aromatic carbocycles. The number of carbonyl (C=O) groups excluding carboxylic acids is 3. The molecule has 0 saturated carbocycles. The Morgan fingerprint density at radius 1 is 1.40 bits per heavy atom. The SMILES string of the molecule is CC(C)(C)c1nnsc1C(=O)NC1CCC(=O)NC1=O. The van der Waals surface area contributed by atoms with Crippen LogP contribution in [0.15, 0.2) is 0 Å². The van der Waals surface area contributed by atoms with Crippen LogP contribution in [0.1, 0.15) is 49.0 Å². The van der Waals surface area contributed by atoms with Gasteiger partial charge in [0.15, 0.2) is 0 Å². The fourth-order valence-corrected chi connectivity index (χ4v) is 2.66. The van der Waals surface area contributed by atoms with Crippen molar-refractivity contribution in [3.05, 3.63) is 10.6 Å². The van der Waals surface area contributed by atoms with Gasteiger partial charge in [-0.05, 0) is 18.0 Å². The Bertz CT molecular complexity index is 561. The van der Waals surface area contributed by atoms with Gasteiger partial charge in [-0.3, -0.25) is 19.7 Å². The molecule has 20 heavy (non-hydrogen) atoms. The van der Waals surface area contributed by atoms with E-state index in [2.05, 4.69) is 20.2 Å². The molecular weight excluding hydrogens is 280 g/mol. The second kappa shape index (κ2) is 5.28. The first-order valence-electron chi connectivity index (χ1n) is 6.26. The average molecular weight is 296 g/mol. The molecule has 1 aromatic heterocycles. The van der Waals surface area contributed by atoms with Gasteiger partial charge in [0.25, 0.3) is 5.91 Å². The molecule has 1 aliphatic rings. The van der Waals surface area contributed by atoms with Crippen molar-refractivity contribution in [1.29, 1.82) is 0 Å². The molecule has 7 nitrogen and oxygen atoms in total. The number of aromatic nitrogens is 2. The molecule has 1 unspecified atom stereocenters. The first-order chi connectivity index (χ1) is 9.29. The standard InChI is InChI=1S/C12H16N4O3S/c1-12(2,3)9-8(20-16-15-9)11(19)13-6-4-5-7(17)14-10(6)18/h6H,4-5H2,1-3H3,(H,13,19)(H,14,17,18). The molecule has 8 heteroatoms. The van der Waals surface area contributed by atoms with Gasteiger partial charge in [-0.2, -0.15) is 0 Å². The zero-order valence-corrected chi connectivity index (χ0v) is 12.3. The zero-order chi connectivity index (χ0) is 14.9. The summed E-state index contributed by atoms with van der Waals surface area (Å²) in [4.78, 5) is 35.3. The number of nitrogens with one attached hydrogen (secondary N) is 2. The van der Waals surface area contributed by atoms with E-state index in [4.69, 9.17) is 0 Å². The number of imide groups is 1. The predicted molar refractivity (Wildman–Crippen MR) is 72.2 cm³/mol. The van der Waals surface area contributed by atoms with Gasteiger partial charge in [-0.25, -0.2) is 0 Å². The van der Waals surface area contributed by atoms with Crippen molar-refractivity contribution in [3.8, 4) is 0 Å². The summed E-state index contributed by atoms with van der Waals surface area (Å²) in [6.45, 7) is 5.81. The number of nitrogens with zero attached hydrogens (tertiary/aromatic N) is 2. The maximum absolute atomic E-state index is 12.2. The Morgan fingerprint density at radius 2 is 2.10 bits per heavy atom. The minimum Gasteiger partial charge on any atom is -0.339 e. The molecule has 0 spiro atoms.